The molecule has 0 fully saturated rings. The van der Waals surface area contributed by atoms with E-state index in [1.807, 2.05) is 0 Å². The first-order valence-electron chi connectivity index (χ1n) is 4.72. The van der Waals surface area contributed by atoms with Crippen LogP contribution >= 0.6 is 23.2 Å². The van der Waals surface area contributed by atoms with Crippen LogP contribution in [0.4, 0.5) is 0 Å². The van der Waals surface area contributed by atoms with Crippen LogP contribution in [-0.4, -0.2) is 28.6 Å². The molecule has 2 rings (SSSR count). The molecule has 0 amide bonds. The Hall–Kier alpha value is -1.33. The third-order valence-corrected chi connectivity index (χ3v) is 3.01. The number of aromatic nitrogens is 1. The van der Waals surface area contributed by atoms with E-state index in [4.69, 9.17) is 27.6 Å². The number of oxazole rings is 1. The monoisotopic (exact) mass is 274 g/mol. The van der Waals surface area contributed by atoms with Crippen LogP contribution in [0.25, 0.3) is 5.57 Å². The molecule has 0 radical (unpaired) electrons. The van der Waals surface area contributed by atoms with Crippen LogP contribution in [0.5, 0.6) is 0 Å². The van der Waals surface area contributed by atoms with Crippen molar-refractivity contribution in [3.05, 3.63) is 24.0 Å². The molecule has 7 heteroatoms. The minimum Gasteiger partial charge on any atom is -0.464 e. The summed E-state index contributed by atoms with van der Waals surface area (Å²) in [5.74, 6) is -0.260. The van der Waals surface area contributed by atoms with Crippen LogP contribution in [0.3, 0.4) is 0 Å². The van der Waals surface area contributed by atoms with E-state index in [0.29, 0.717) is 23.1 Å². The molecular weight excluding hydrogens is 267 g/mol. The van der Waals surface area contributed by atoms with Gasteiger partial charge in [0.25, 0.3) is 0 Å². The van der Waals surface area contributed by atoms with Crippen LogP contribution in [0.15, 0.2) is 21.9 Å². The number of methoxy groups -OCH3 is 1. The number of halogens is 2. The molecule has 0 aliphatic carbocycles. The molecule has 2 heterocycles. The van der Waals surface area contributed by atoms with Crippen molar-refractivity contribution in [1.82, 2.24) is 4.98 Å². The molecule has 1 aromatic heterocycles. The van der Waals surface area contributed by atoms with Gasteiger partial charge in [0.1, 0.15) is 11.4 Å². The van der Waals surface area contributed by atoms with Crippen LogP contribution < -0.4 is 0 Å². The fourth-order valence-corrected chi connectivity index (χ4v) is 1.66. The Morgan fingerprint density at radius 2 is 2.41 bits per heavy atom. The van der Waals surface area contributed by atoms with Crippen molar-refractivity contribution < 1.29 is 13.9 Å². The topological polar surface area (TPSA) is 64.7 Å². The minimum atomic E-state index is -0.555. The summed E-state index contributed by atoms with van der Waals surface area (Å²) in [5.41, 5.74) is 0.791. The number of hydrogen-bond donors (Lipinski definition) is 0. The van der Waals surface area contributed by atoms with Gasteiger partial charge in [-0.05, 0) is 0 Å². The van der Waals surface area contributed by atoms with Gasteiger partial charge in [-0.25, -0.2) is 14.8 Å². The first-order valence-corrected chi connectivity index (χ1v) is 5.53. The maximum Gasteiger partial charge on any atom is 0.360 e. The van der Waals surface area contributed by atoms with Gasteiger partial charge in [0, 0.05) is 18.2 Å². The lowest BCUT2D eigenvalue weighted by Crippen LogP contribution is -2.12. The number of nitrogens with zero attached hydrogens (tertiary/aromatic N) is 2. The normalized spacial score (nSPS) is 19.6. The zero-order chi connectivity index (χ0) is 12.4. The highest BCUT2D eigenvalue weighted by Gasteiger charge is 2.22. The summed E-state index contributed by atoms with van der Waals surface area (Å²) in [6.45, 7) is 0. The van der Waals surface area contributed by atoms with E-state index in [0.717, 1.165) is 0 Å². The molecule has 17 heavy (non-hydrogen) atoms. The fraction of sp³-hybridized carbons (Fsp3) is 0.300. The van der Waals surface area contributed by atoms with Crippen LogP contribution in [-0.2, 0) is 4.74 Å². The highest BCUT2D eigenvalue weighted by Crippen LogP contribution is 2.27. The summed E-state index contributed by atoms with van der Waals surface area (Å²) >= 11 is 11.7. The number of rotatable bonds is 2. The van der Waals surface area contributed by atoms with Gasteiger partial charge in [-0.2, -0.15) is 0 Å². The highest BCUT2D eigenvalue weighted by molar-refractivity contribution is 6.71. The number of carbonyl (C=O) groups is 1. The molecule has 1 aromatic rings. The molecule has 5 nitrogen and oxygen atoms in total. The van der Waals surface area contributed by atoms with Gasteiger partial charge in [-0.15, -0.1) is 11.6 Å². The Morgan fingerprint density at radius 3 is 3.06 bits per heavy atom. The van der Waals surface area contributed by atoms with E-state index in [-0.39, 0.29) is 5.69 Å². The second-order valence-corrected chi connectivity index (χ2v) is 4.22. The van der Waals surface area contributed by atoms with Gasteiger partial charge in [0.05, 0.1) is 12.5 Å². The summed E-state index contributed by atoms with van der Waals surface area (Å²) in [6, 6.07) is 0. The standard InChI is InChI=1S/C10H8Cl2N2O3/c1-16-10(15)7-4-17-9(14-7)5-2-6(11)8(12)13-3-5/h3-4,6H,2H2,1H3. The van der Waals surface area contributed by atoms with E-state index in [2.05, 4.69) is 14.7 Å². The third kappa shape index (κ3) is 2.50. The average Bonchev–Trinajstić information content (AvgIpc) is 2.81. The molecule has 0 bridgehead atoms. The lowest BCUT2D eigenvalue weighted by atomic mass is 10.1. The predicted molar refractivity (Wildman–Crippen MR) is 63.4 cm³/mol. The van der Waals surface area contributed by atoms with Crippen LogP contribution in [0.2, 0.25) is 0 Å². The van der Waals surface area contributed by atoms with Gasteiger partial charge in [-0.3, -0.25) is 0 Å². The Morgan fingerprint density at radius 1 is 1.65 bits per heavy atom. The molecule has 0 saturated carbocycles. The van der Waals surface area contributed by atoms with E-state index in [1.165, 1.54) is 19.6 Å². The number of allylic oxidation sites excluding steroid dienone is 1. The second-order valence-electron chi connectivity index (χ2n) is 3.31. The van der Waals surface area contributed by atoms with Crippen molar-refractivity contribution in [3.63, 3.8) is 0 Å². The zero-order valence-corrected chi connectivity index (χ0v) is 10.3. The Bertz CT molecular complexity index is 507. The maximum absolute atomic E-state index is 11.2. The number of esters is 1. The lowest BCUT2D eigenvalue weighted by Gasteiger charge is -2.11. The smallest absolute Gasteiger partial charge is 0.360 e. The van der Waals surface area contributed by atoms with Gasteiger partial charge in [-0.1, -0.05) is 11.6 Å². The summed E-state index contributed by atoms with van der Waals surface area (Å²) in [6.07, 6.45) is 3.20. The fourth-order valence-electron chi connectivity index (χ4n) is 1.31. The number of hydrogen-bond acceptors (Lipinski definition) is 5. The largest absolute Gasteiger partial charge is 0.464 e. The summed E-state index contributed by atoms with van der Waals surface area (Å²) in [4.78, 5) is 19.1. The number of ether oxygens (including phenoxy) is 1. The number of aliphatic imine (C=N–C) groups is 1. The molecule has 0 N–H and O–H groups in total. The van der Waals surface area contributed by atoms with E-state index >= 15 is 0 Å². The quantitative estimate of drug-likeness (QED) is 0.614. The number of alkyl halides is 1. The molecule has 1 atom stereocenters. The molecular formula is C10H8Cl2N2O3. The van der Waals surface area contributed by atoms with Crippen molar-refractivity contribution >= 4 is 39.9 Å². The van der Waals surface area contributed by atoms with E-state index in [1.54, 1.807) is 0 Å². The Balaban J connectivity index is 2.24. The number of carbonyl (C=O) groups excluding carboxylic acids is 1. The second kappa shape index (κ2) is 4.89. The first kappa shape index (κ1) is 12.1. The molecule has 90 valence electrons. The molecule has 1 aliphatic rings. The van der Waals surface area contributed by atoms with E-state index < -0.39 is 11.3 Å². The average molecular weight is 275 g/mol. The van der Waals surface area contributed by atoms with Gasteiger partial charge >= 0.3 is 5.97 Å². The van der Waals surface area contributed by atoms with Gasteiger partial charge in [0.15, 0.2) is 5.69 Å². The van der Waals surface area contributed by atoms with Crippen molar-refractivity contribution in [1.29, 1.82) is 0 Å². The Kier molecular flexibility index (Phi) is 3.49. The molecule has 0 spiro atoms. The highest BCUT2D eigenvalue weighted by atomic mass is 35.5. The van der Waals surface area contributed by atoms with E-state index in [9.17, 15) is 4.79 Å². The summed E-state index contributed by atoms with van der Waals surface area (Å²) < 4.78 is 9.68. The molecule has 0 aromatic carbocycles. The zero-order valence-electron chi connectivity index (χ0n) is 8.81. The molecule has 0 saturated heterocycles. The predicted octanol–water partition coefficient (Wildman–Crippen LogP) is 2.45. The minimum absolute atomic E-state index is 0.107. The van der Waals surface area contributed by atoms with Crippen molar-refractivity contribution in [2.45, 2.75) is 11.8 Å². The summed E-state index contributed by atoms with van der Waals surface area (Å²) in [5, 5.41) is -0.0692. The van der Waals surface area contributed by atoms with Crippen LogP contribution in [0.1, 0.15) is 22.8 Å². The summed E-state index contributed by atoms with van der Waals surface area (Å²) in [7, 11) is 1.27. The van der Waals surface area contributed by atoms with Gasteiger partial charge < -0.3 is 9.15 Å². The SMILES string of the molecule is COC(=O)c1coc(C2=CN=C(Cl)C(Cl)C2)n1. The Labute approximate surface area is 107 Å². The lowest BCUT2D eigenvalue weighted by molar-refractivity contribution is 0.0594. The third-order valence-electron chi connectivity index (χ3n) is 2.17. The van der Waals surface area contributed by atoms with Crippen molar-refractivity contribution in [2.75, 3.05) is 7.11 Å². The maximum atomic E-state index is 11.2. The van der Waals surface area contributed by atoms with Gasteiger partial charge in [0.2, 0.25) is 5.89 Å². The molecule has 1 aliphatic heterocycles. The van der Waals surface area contributed by atoms with Crippen LogP contribution in [0, 0.1) is 0 Å². The molecule has 1 unspecified atom stereocenters. The van der Waals surface area contributed by atoms with Crippen molar-refractivity contribution in [2.24, 2.45) is 4.99 Å². The first-order chi connectivity index (χ1) is 8.11. The van der Waals surface area contributed by atoms with Crippen molar-refractivity contribution in [3.8, 4) is 0 Å².